The third-order valence-corrected chi connectivity index (χ3v) is 5.19. The van der Waals surface area contributed by atoms with Crippen LogP contribution in [0.2, 0.25) is 0 Å². The van der Waals surface area contributed by atoms with Crippen molar-refractivity contribution in [3.63, 3.8) is 0 Å². The van der Waals surface area contributed by atoms with Gasteiger partial charge in [0.15, 0.2) is 0 Å². The van der Waals surface area contributed by atoms with E-state index in [4.69, 9.17) is 5.11 Å². The Hall–Kier alpha value is -1.32. The standard InChI is InChI=1S/C11H14FNO5S2/c1-2-19(16)6-5-13-20(17,18)10-7-8(11(14)15)3-4-9(10)12/h3-4,7,13H,2,5-6H2,1H3,(H,14,15). The lowest BCUT2D eigenvalue weighted by atomic mass is 10.2. The molecule has 2 N–H and O–H groups in total. The number of nitrogens with one attached hydrogen (secondary N) is 1. The van der Waals surface area contributed by atoms with Crippen molar-refractivity contribution in [3.05, 3.63) is 29.6 Å². The number of carboxylic acid groups (broad SMARTS) is 1. The van der Waals surface area contributed by atoms with E-state index in [9.17, 15) is 21.8 Å². The van der Waals surface area contributed by atoms with Crippen LogP contribution < -0.4 is 4.72 Å². The highest BCUT2D eigenvalue weighted by molar-refractivity contribution is 7.89. The van der Waals surface area contributed by atoms with E-state index in [2.05, 4.69) is 4.72 Å². The molecule has 0 radical (unpaired) electrons. The predicted molar refractivity (Wildman–Crippen MR) is 72.1 cm³/mol. The minimum absolute atomic E-state index is 0.107. The molecular formula is C11H14FNO5S2. The summed E-state index contributed by atoms with van der Waals surface area (Å²) in [5.41, 5.74) is -0.330. The Balaban J connectivity index is 2.94. The summed E-state index contributed by atoms with van der Waals surface area (Å²) in [6, 6.07) is 2.50. The van der Waals surface area contributed by atoms with Crippen LogP contribution in [0.25, 0.3) is 0 Å². The normalized spacial score (nSPS) is 13.1. The Kier molecular flexibility index (Phi) is 5.78. The zero-order valence-corrected chi connectivity index (χ0v) is 12.3. The molecule has 0 amide bonds. The van der Waals surface area contributed by atoms with Crippen molar-refractivity contribution in [2.75, 3.05) is 18.1 Å². The first kappa shape index (κ1) is 16.7. The first-order chi connectivity index (χ1) is 9.27. The average molecular weight is 323 g/mol. The molecule has 0 heterocycles. The molecule has 1 rings (SSSR count). The lowest BCUT2D eigenvalue weighted by molar-refractivity contribution is 0.0696. The first-order valence-corrected chi connectivity index (χ1v) is 8.62. The molecule has 0 aliphatic carbocycles. The van der Waals surface area contributed by atoms with Gasteiger partial charge in [-0.2, -0.15) is 0 Å². The molecule has 20 heavy (non-hydrogen) atoms. The van der Waals surface area contributed by atoms with Crippen LogP contribution in [0, 0.1) is 5.82 Å². The number of sulfonamides is 1. The third kappa shape index (κ3) is 4.36. The maximum absolute atomic E-state index is 13.5. The monoisotopic (exact) mass is 323 g/mol. The van der Waals surface area contributed by atoms with Crippen LogP contribution in [0.5, 0.6) is 0 Å². The largest absolute Gasteiger partial charge is 0.478 e. The number of carboxylic acids is 1. The summed E-state index contributed by atoms with van der Waals surface area (Å²) in [6.45, 7) is 1.58. The highest BCUT2D eigenvalue weighted by Gasteiger charge is 2.20. The lowest BCUT2D eigenvalue weighted by Gasteiger charge is -2.08. The zero-order chi connectivity index (χ0) is 15.3. The second-order valence-corrected chi connectivity index (χ2v) is 7.38. The minimum atomic E-state index is -4.17. The van der Waals surface area contributed by atoms with E-state index >= 15 is 0 Å². The highest BCUT2D eigenvalue weighted by atomic mass is 32.2. The molecule has 0 saturated heterocycles. The molecule has 0 saturated carbocycles. The van der Waals surface area contributed by atoms with Crippen LogP contribution in [0.4, 0.5) is 4.39 Å². The van der Waals surface area contributed by atoms with Gasteiger partial charge in [0.05, 0.1) is 5.56 Å². The van der Waals surface area contributed by atoms with Gasteiger partial charge in [0, 0.05) is 28.9 Å². The van der Waals surface area contributed by atoms with Crippen LogP contribution in [-0.2, 0) is 20.8 Å². The Morgan fingerprint density at radius 3 is 2.65 bits per heavy atom. The molecule has 1 atom stereocenters. The lowest BCUT2D eigenvalue weighted by Crippen LogP contribution is -2.29. The molecule has 0 aliphatic rings. The van der Waals surface area contributed by atoms with E-state index in [0.717, 1.165) is 18.2 Å². The van der Waals surface area contributed by atoms with Gasteiger partial charge in [-0.15, -0.1) is 0 Å². The van der Waals surface area contributed by atoms with Gasteiger partial charge in [-0.25, -0.2) is 22.3 Å². The Bertz CT molecular complexity index is 630. The van der Waals surface area contributed by atoms with Crippen molar-refractivity contribution >= 4 is 26.8 Å². The van der Waals surface area contributed by atoms with Gasteiger partial charge < -0.3 is 5.11 Å². The predicted octanol–water partition coefficient (Wildman–Crippen LogP) is 0.571. The summed E-state index contributed by atoms with van der Waals surface area (Å²) in [6.07, 6.45) is 0. The Morgan fingerprint density at radius 2 is 2.10 bits per heavy atom. The number of aromatic carboxylic acids is 1. The van der Waals surface area contributed by atoms with E-state index in [-0.39, 0.29) is 17.9 Å². The molecular weight excluding hydrogens is 309 g/mol. The van der Waals surface area contributed by atoms with Crippen molar-refractivity contribution in [2.45, 2.75) is 11.8 Å². The fourth-order valence-electron chi connectivity index (χ4n) is 1.35. The van der Waals surface area contributed by atoms with Crippen molar-refractivity contribution in [3.8, 4) is 0 Å². The fraction of sp³-hybridized carbons (Fsp3) is 0.364. The number of halogens is 1. The van der Waals surface area contributed by atoms with Crippen molar-refractivity contribution in [1.29, 1.82) is 0 Å². The molecule has 0 aromatic heterocycles. The van der Waals surface area contributed by atoms with Crippen LogP contribution in [0.1, 0.15) is 17.3 Å². The number of hydrogen-bond donors (Lipinski definition) is 2. The molecule has 0 fully saturated rings. The SMILES string of the molecule is CCS(=O)CCNS(=O)(=O)c1cc(C(=O)O)ccc1F. The van der Waals surface area contributed by atoms with E-state index in [1.165, 1.54) is 0 Å². The number of benzene rings is 1. The molecule has 0 spiro atoms. The van der Waals surface area contributed by atoms with Gasteiger partial charge >= 0.3 is 5.97 Å². The second kappa shape index (κ2) is 6.91. The maximum atomic E-state index is 13.5. The van der Waals surface area contributed by atoms with Gasteiger partial charge in [-0.05, 0) is 18.2 Å². The smallest absolute Gasteiger partial charge is 0.335 e. The van der Waals surface area contributed by atoms with Crippen LogP contribution in [0.15, 0.2) is 23.1 Å². The van der Waals surface area contributed by atoms with Crippen LogP contribution >= 0.6 is 0 Å². The van der Waals surface area contributed by atoms with Gasteiger partial charge in [-0.1, -0.05) is 6.92 Å². The van der Waals surface area contributed by atoms with Crippen LogP contribution in [-0.4, -0.2) is 41.8 Å². The molecule has 1 aromatic carbocycles. The first-order valence-electron chi connectivity index (χ1n) is 5.65. The molecule has 6 nitrogen and oxygen atoms in total. The second-order valence-electron chi connectivity index (χ2n) is 3.78. The molecule has 112 valence electrons. The van der Waals surface area contributed by atoms with E-state index in [1.54, 1.807) is 6.92 Å². The Morgan fingerprint density at radius 1 is 1.45 bits per heavy atom. The topological polar surface area (TPSA) is 101 Å². The van der Waals surface area contributed by atoms with Crippen molar-refractivity contribution in [2.24, 2.45) is 0 Å². The summed E-state index contributed by atoms with van der Waals surface area (Å²) >= 11 is 0. The molecule has 1 aromatic rings. The average Bonchev–Trinajstić information content (AvgIpc) is 2.38. The van der Waals surface area contributed by atoms with Gasteiger partial charge in [0.2, 0.25) is 10.0 Å². The quantitative estimate of drug-likeness (QED) is 0.764. The van der Waals surface area contributed by atoms with Gasteiger partial charge in [0.1, 0.15) is 10.7 Å². The van der Waals surface area contributed by atoms with Gasteiger partial charge in [-0.3, -0.25) is 4.21 Å². The number of carbonyl (C=O) groups is 1. The van der Waals surface area contributed by atoms with Crippen LogP contribution in [0.3, 0.4) is 0 Å². The molecule has 0 aliphatic heterocycles. The number of hydrogen-bond acceptors (Lipinski definition) is 4. The number of rotatable bonds is 7. The minimum Gasteiger partial charge on any atom is -0.478 e. The van der Waals surface area contributed by atoms with E-state index < -0.39 is 37.5 Å². The van der Waals surface area contributed by atoms with E-state index in [1.807, 2.05) is 0 Å². The van der Waals surface area contributed by atoms with Gasteiger partial charge in [0.25, 0.3) is 0 Å². The summed E-state index contributed by atoms with van der Waals surface area (Å²) in [4.78, 5) is 10.0. The summed E-state index contributed by atoms with van der Waals surface area (Å²) in [7, 11) is -5.32. The summed E-state index contributed by atoms with van der Waals surface area (Å²) < 4.78 is 50.5. The summed E-state index contributed by atoms with van der Waals surface area (Å²) in [5.74, 6) is -1.90. The molecule has 0 bridgehead atoms. The molecule has 1 unspecified atom stereocenters. The van der Waals surface area contributed by atoms with E-state index in [0.29, 0.717) is 5.75 Å². The summed E-state index contributed by atoms with van der Waals surface area (Å²) in [5, 5.41) is 8.77. The maximum Gasteiger partial charge on any atom is 0.335 e. The molecule has 9 heteroatoms. The third-order valence-electron chi connectivity index (χ3n) is 2.41. The fourth-order valence-corrected chi connectivity index (χ4v) is 3.24. The zero-order valence-electron chi connectivity index (χ0n) is 10.6. The Labute approximate surface area is 118 Å². The highest BCUT2D eigenvalue weighted by Crippen LogP contribution is 2.16. The van der Waals surface area contributed by atoms with Crippen molar-refractivity contribution < 1.29 is 26.9 Å². The van der Waals surface area contributed by atoms with Crippen molar-refractivity contribution in [1.82, 2.24) is 4.72 Å².